The number of amides is 1. The Hall–Kier alpha value is -2.31. The molecule has 0 aliphatic carbocycles. The van der Waals surface area contributed by atoms with E-state index in [0.29, 0.717) is 29.4 Å². The van der Waals surface area contributed by atoms with Gasteiger partial charge in [-0.1, -0.05) is 23.8 Å². The number of hydrogen-bond acceptors (Lipinski definition) is 4. The minimum atomic E-state index is -0.0320. The molecule has 4 N–H and O–H groups in total. The molecule has 132 valence electrons. The van der Waals surface area contributed by atoms with Crippen molar-refractivity contribution in [2.24, 2.45) is 0 Å². The van der Waals surface area contributed by atoms with Gasteiger partial charge in [-0.3, -0.25) is 4.79 Å². The van der Waals surface area contributed by atoms with E-state index in [1.54, 1.807) is 0 Å². The Morgan fingerprint density at radius 1 is 1.28 bits per heavy atom. The Morgan fingerprint density at radius 3 is 2.88 bits per heavy atom. The first-order valence-electron chi connectivity index (χ1n) is 8.32. The highest BCUT2D eigenvalue weighted by Crippen LogP contribution is 2.35. The Bertz CT molecular complexity index is 799. The number of imidazole rings is 1. The van der Waals surface area contributed by atoms with Crippen LogP contribution in [-0.2, 0) is 4.79 Å². The summed E-state index contributed by atoms with van der Waals surface area (Å²) in [7, 11) is 3.73. The number of aromatic amines is 1. The fourth-order valence-electron chi connectivity index (χ4n) is 2.87. The Morgan fingerprint density at radius 2 is 2.12 bits per heavy atom. The van der Waals surface area contributed by atoms with Gasteiger partial charge in [-0.05, 0) is 38.1 Å². The van der Waals surface area contributed by atoms with E-state index in [4.69, 9.17) is 16.6 Å². The lowest BCUT2D eigenvalue weighted by molar-refractivity contribution is -0.116. The van der Waals surface area contributed by atoms with Crippen LogP contribution in [0.2, 0.25) is 5.15 Å². The normalized spacial score (nSPS) is 19.0. The lowest BCUT2D eigenvalue weighted by atomic mass is 10.1. The van der Waals surface area contributed by atoms with Gasteiger partial charge in [-0.2, -0.15) is 0 Å². The Labute approximate surface area is 152 Å². The molecule has 1 aliphatic rings. The molecule has 0 spiro atoms. The zero-order chi connectivity index (χ0) is 17.8. The van der Waals surface area contributed by atoms with Gasteiger partial charge < -0.3 is 20.9 Å². The number of carbonyl (C=O) groups excluding carboxylic acids is 1. The van der Waals surface area contributed by atoms with E-state index in [2.05, 4.69) is 27.0 Å². The standard InChI is InChI=1S/C18H22ClN5O/c1-20-11-8-9-12-14(10-11)22-15(25)7-5-3-4-6-13(21-2)18-23-16(12)17(19)24-18/h3-4,8-10,13,20-21H,5-7H2,1-2H3,(H,22,25)(H,23,24)/b4-3+/t13-/m0/s1. The number of aromatic nitrogens is 2. The second kappa shape index (κ2) is 7.72. The van der Waals surface area contributed by atoms with Crippen LogP contribution in [0, 0.1) is 0 Å². The molecule has 2 heterocycles. The van der Waals surface area contributed by atoms with Gasteiger partial charge in [-0.25, -0.2) is 4.98 Å². The summed E-state index contributed by atoms with van der Waals surface area (Å²) in [6.45, 7) is 0. The maximum absolute atomic E-state index is 12.3. The summed E-state index contributed by atoms with van der Waals surface area (Å²) in [6, 6.07) is 5.78. The van der Waals surface area contributed by atoms with Gasteiger partial charge in [0.15, 0.2) is 0 Å². The van der Waals surface area contributed by atoms with Gasteiger partial charge in [0.2, 0.25) is 5.91 Å². The molecule has 0 saturated carbocycles. The van der Waals surface area contributed by atoms with Crippen molar-refractivity contribution in [1.29, 1.82) is 0 Å². The van der Waals surface area contributed by atoms with Gasteiger partial charge in [0.05, 0.1) is 11.7 Å². The monoisotopic (exact) mass is 359 g/mol. The third-order valence-electron chi connectivity index (χ3n) is 4.27. The quantitative estimate of drug-likeness (QED) is 0.616. The summed E-state index contributed by atoms with van der Waals surface area (Å²) >= 11 is 6.42. The number of anilines is 2. The summed E-state index contributed by atoms with van der Waals surface area (Å²) in [5, 5.41) is 9.78. The largest absolute Gasteiger partial charge is 0.388 e. The van der Waals surface area contributed by atoms with Crippen LogP contribution in [-0.4, -0.2) is 30.0 Å². The molecule has 1 aliphatic heterocycles. The van der Waals surface area contributed by atoms with Crippen molar-refractivity contribution < 1.29 is 4.79 Å². The Kier molecular flexibility index (Phi) is 5.40. The molecule has 1 aromatic heterocycles. The summed E-state index contributed by atoms with van der Waals surface area (Å²) in [5.74, 6) is 0.747. The topological polar surface area (TPSA) is 81.8 Å². The van der Waals surface area contributed by atoms with Crippen LogP contribution in [0.4, 0.5) is 11.4 Å². The number of halogens is 1. The first-order chi connectivity index (χ1) is 12.1. The number of nitrogens with one attached hydrogen (secondary N) is 4. The van der Waals surface area contributed by atoms with Crippen molar-refractivity contribution in [2.45, 2.75) is 25.3 Å². The van der Waals surface area contributed by atoms with Gasteiger partial charge in [0, 0.05) is 24.7 Å². The SMILES string of the molecule is CNc1ccc2c(c1)NC(=O)CC/C=C/C[C@H](NC)c1nc-2c(Cl)[nH]1. The fraction of sp³-hybridized carbons (Fsp3) is 0.333. The molecule has 1 atom stereocenters. The fourth-order valence-corrected chi connectivity index (χ4v) is 3.11. The maximum atomic E-state index is 12.3. The van der Waals surface area contributed by atoms with Crippen molar-refractivity contribution >= 4 is 28.9 Å². The van der Waals surface area contributed by atoms with E-state index in [1.807, 2.05) is 38.4 Å². The van der Waals surface area contributed by atoms with E-state index in [-0.39, 0.29) is 11.9 Å². The van der Waals surface area contributed by atoms with Crippen LogP contribution in [0.15, 0.2) is 30.4 Å². The van der Waals surface area contributed by atoms with Crippen LogP contribution >= 0.6 is 11.6 Å². The molecule has 0 fully saturated rings. The highest BCUT2D eigenvalue weighted by molar-refractivity contribution is 6.32. The minimum absolute atomic E-state index is 0.0320. The van der Waals surface area contributed by atoms with Crippen molar-refractivity contribution in [1.82, 2.24) is 15.3 Å². The molecule has 3 rings (SSSR count). The third-order valence-corrected chi connectivity index (χ3v) is 4.54. The average molecular weight is 360 g/mol. The smallest absolute Gasteiger partial charge is 0.224 e. The first-order valence-corrected chi connectivity index (χ1v) is 8.70. The lowest BCUT2D eigenvalue weighted by Crippen LogP contribution is -2.17. The van der Waals surface area contributed by atoms with Crippen LogP contribution in [0.25, 0.3) is 11.3 Å². The van der Waals surface area contributed by atoms with Crippen molar-refractivity contribution in [3.05, 3.63) is 41.3 Å². The molecule has 0 saturated heterocycles. The second-order valence-corrected chi connectivity index (χ2v) is 6.31. The number of fused-ring (bicyclic) bond motifs is 4. The predicted molar refractivity (Wildman–Crippen MR) is 102 cm³/mol. The van der Waals surface area contributed by atoms with E-state index in [0.717, 1.165) is 23.5 Å². The van der Waals surface area contributed by atoms with E-state index in [1.165, 1.54) is 0 Å². The summed E-state index contributed by atoms with van der Waals surface area (Å²) in [4.78, 5) is 20.1. The van der Waals surface area contributed by atoms with Gasteiger partial charge in [-0.15, -0.1) is 0 Å². The number of benzene rings is 1. The first kappa shape index (κ1) is 17.5. The average Bonchev–Trinajstić information content (AvgIpc) is 2.99. The molecular formula is C18H22ClN5O. The van der Waals surface area contributed by atoms with Gasteiger partial charge in [0.25, 0.3) is 0 Å². The molecule has 1 aromatic carbocycles. The number of hydrogen-bond donors (Lipinski definition) is 4. The second-order valence-electron chi connectivity index (χ2n) is 5.93. The number of H-pyrrole nitrogens is 1. The highest BCUT2D eigenvalue weighted by atomic mass is 35.5. The van der Waals surface area contributed by atoms with Crippen LogP contribution < -0.4 is 16.0 Å². The van der Waals surface area contributed by atoms with Gasteiger partial charge in [0.1, 0.15) is 16.7 Å². The van der Waals surface area contributed by atoms with E-state index in [9.17, 15) is 4.79 Å². The summed E-state index contributed by atoms with van der Waals surface area (Å²) < 4.78 is 0. The summed E-state index contributed by atoms with van der Waals surface area (Å²) in [5.41, 5.74) is 3.03. The molecule has 2 bridgehead atoms. The molecule has 6 nitrogen and oxygen atoms in total. The number of nitrogens with zero attached hydrogens (tertiary/aromatic N) is 1. The Balaban J connectivity index is 2.12. The highest BCUT2D eigenvalue weighted by Gasteiger charge is 2.20. The minimum Gasteiger partial charge on any atom is -0.388 e. The zero-order valence-corrected chi connectivity index (χ0v) is 15.1. The van der Waals surface area contributed by atoms with E-state index >= 15 is 0 Å². The molecule has 2 aromatic rings. The molecule has 0 unspecified atom stereocenters. The third kappa shape index (κ3) is 3.86. The number of allylic oxidation sites excluding steroid dienone is 1. The van der Waals surface area contributed by atoms with Gasteiger partial charge >= 0.3 is 0 Å². The van der Waals surface area contributed by atoms with Crippen molar-refractivity contribution in [3.63, 3.8) is 0 Å². The molecular weight excluding hydrogens is 338 g/mol. The lowest BCUT2D eigenvalue weighted by Gasteiger charge is -2.12. The van der Waals surface area contributed by atoms with Crippen molar-refractivity contribution in [3.8, 4) is 11.3 Å². The van der Waals surface area contributed by atoms with Crippen LogP contribution in [0.3, 0.4) is 0 Å². The number of carbonyl (C=O) groups is 1. The molecule has 7 heteroatoms. The molecule has 1 amide bonds. The predicted octanol–water partition coefficient (Wildman–Crippen LogP) is 3.71. The molecule has 0 radical (unpaired) electrons. The molecule has 25 heavy (non-hydrogen) atoms. The summed E-state index contributed by atoms with van der Waals surface area (Å²) in [6.07, 6.45) is 6.00. The zero-order valence-electron chi connectivity index (χ0n) is 14.3. The van der Waals surface area contributed by atoms with Crippen LogP contribution in [0.5, 0.6) is 0 Å². The maximum Gasteiger partial charge on any atom is 0.224 e. The number of rotatable bonds is 2. The van der Waals surface area contributed by atoms with E-state index < -0.39 is 0 Å². The van der Waals surface area contributed by atoms with Crippen molar-refractivity contribution in [2.75, 3.05) is 24.7 Å². The van der Waals surface area contributed by atoms with Crippen LogP contribution in [0.1, 0.15) is 31.1 Å².